The molecular weight excluding hydrogens is 234 g/mol. The minimum absolute atomic E-state index is 0.0208. The largest absolute Gasteiger partial charge is 0.507 e. The first-order valence-electron chi connectivity index (χ1n) is 4.26. The molecule has 0 bridgehead atoms. The summed E-state index contributed by atoms with van der Waals surface area (Å²) in [6.07, 6.45) is 1.07. The maximum Gasteiger partial charge on any atom is 0.341 e. The van der Waals surface area contributed by atoms with Gasteiger partial charge in [-0.15, -0.1) is 0 Å². The van der Waals surface area contributed by atoms with Crippen LogP contribution in [0.4, 0.5) is 0 Å². The number of phenols is 1. The SMILES string of the molecule is O=C(O)c1cnoc1-c1cc(Cl)ccc1O. The highest BCUT2D eigenvalue weighted by molar-refractivity contribution is 6.31. The Morgan fingerprint density at radius 2 is 2.19 bits per heavy atom. The molecule has 0 spiro atoms. The summed E-state index contributed by atoms with van der Waals surface area (Å²) in [4.78, 5) is 10.8. The number of halogens is 1. The second-order valence-corrected chi connectivity index (χ2v) is 3.47. The van der Waals surface area contributed by atoms with Crippen molar-refractivity contribution in [3.8, 4) is 17.1 Å². The Hall–Kier alpha value is -2.01. The van der Waals surface area contributed by atoms with Crippen molar-refractivity contribution in [1.29, 1.82) is 0 Å². The summed E-state index contributed by atoms with van der Waals surface area (Å²) < 4.78 is 4.80. The minimum atomic E-state index is -1.18. The molecule has 0 radical (unpaired) electrons. The van der Waals surface area contributed by atoms with Gasteiger partial charge in [0.05, 0.1) is 11.8 Å². The molecule has 0 atom stereocenters. The van der Waals surface area contributed by atoms with Gasteiger partial charge in [-0.05, 0) is 18.2 Å². The van der Waals surface area contributed by atoms with Crippen LogP contribution < -0.4 is 0 Å². The van der Waals surface area contributed by atoms with Crippen LogP contribution in [0.2, 0.25) is 5.02 Å². The van der Waals surface area contributed by atoms with Crippen LogP contribution in [-0.4, -0.2) is 21.3 Å². The molecule has 82 valence electrons. The molecular formula is C10H6ClNO4. The zero-order chi connectivity index (χ0) is 11.7. The lowest BCUT2D eigenvalue weighted by molar-refractivity contribution is 0.0697. The number of carboxylic acids is 1. The molecule has 0 amide bonds. The standard InChI is InChI=1S/C10H6ClNO4/c11-5-1-2-8(13)6(3-5)9-7(10(14)15)4-12-16-9/h1-4,13H,(H,14,15). The Morgan fingerprint density at radius 3 is 2.88 bits per heavy atom. The van der Waals surface area contributed by atoms with Gasteiger partial charge in [0.25, 0.3) is 0 Å². The molecule has 1 aromatic heterocycles. The van der Waals surface area contributed by atoms with Crippen molar-refractivity contribution < 1.29 is 19.5 Å². The maximum absolute atomic E-state index is 10.8. The number of aromatic carboxylic acids is 1. The molecule has 16 heavy (non-hydrogen) atoms. The predicted molar refractivity (Wildman–Crippen MR) is 55.6 cm³/mol. The number of carbonyl (C=O) groups is 1. The van der Waals surface area contributed by atoms with Gasteiger partial charge in [0.2, 0.25) is 0 Å². The Kier molecular flexibility index (Phi) is 2.54. The van der Waals surface area contributed by atoms with Gasteiger partial charge in [0.1, 0.15) is 11.3 Å². The first kappa shape index (κ1) is 10.5. The van der Waals surface area contributed by atoms with E-state index in [4.69, 9.17) is 21.2 Å². The van der Waals surface area contributed by atoms with E-state index in [0.717, 1.165) is 6.20 Å². The van der Waals surface area contributed by atoms with Gasteiger partial charge in [-0.1, -0.05) is 16.8 Å². The molecule has 0 aliphatic rings. The van der Waals surface area contributed by atoms with Crippen molar-refractivity contribution in [2.24, 2.45) is 0 Å². The fourth-order valence-electron chi connectivity index (χ4n) is 1.28. The number of aromatic nitrogens is 1. The van der Waals surface area contributed by atoms with Crippen molar-refractivity contribution in [2.75, 3.05) is 0 Å². The molecule has 0 saturated heterocycles. The van der Waals surface area contributed by atoms with Crippen LogP contribution >= 0.6 is 11.6 Å². The number of rotatable bonds is 2. The van der Waals surface area contributed by atoms with Gasteiger partial charge in [-0.3, -0.25) is 0 Å². The molecule has 0 aliphatic carbocycles. The van der Waals surface area contributed by atoms with Gasteiger partial charge < -0.3 is 14.7 Å². The predicted octanol–water partition coefficient (Wildman–Crippen LogP) is 2.40. The lowest BCUT2D eigenvalue weighted by Crippen LogP contribution is -1.96. The topological polar surface area (TPSA) is 83.6 Å². The first-order chi connectivity index (χ1) is 7.59. The highest BCUT2D eigenvalue weighted by Gasteiger charge is 2.19. The molecule has 1 aromatic carbocycles. The number of carboxylic acid groups (broad SMARTS) is 1. The summed E-state index contributed by atoms with van der Waals surface area (Å²) in [5.41, 5.74) is 0.0694. The summed E-state index contributed by atoms with van der Waals surface area (Å²) in [5, 5.41) is 22.2. The third-order valence-corrected chi connectivity index (χ3v) is 2.24. The van der Waals surface area contributed by atoms with Crippen LogP contribution in [0.5, 0.6) is 5.75 Å². The molecule has 5 nitrogen and oxygen atoms in total. The Bertz CT molecular complexity index is 550. The summed E-state index contributed by atoms with van der Waals surface area (Å²) in [6, 6.07) is 4.24. The molecule has 2 rings (SSSR count). The maximum atomic E-state index is 10.8. The van der Waals surface area contributed by atoms with E-state index in [2.05, 4.69) is 5.16 Å². The van der Waals surface area contributed by atoms with E-state index in [0.29, 0.717) is 5.02 Å². The van der Waals surface area contributed by atoms with Crippen LogP contribution in [0.3, 0.4) is 0 Å². The van der Waals surface area contributed by atoms with Gasteiger partial charge in [0.15, 0.2) is 5.76 Å². The van der Waals surface area contributed by atoms with Crippen LogP contribution in [0, 0.1) is 0 Å². The fraction of sp³-hybridized carbons (Fsp3) is 0. The van der Waals surface area contributed by atoms with Gasteiger partial charge in [-0.25, -0.2) is 4.79 Å². The number of hydrogen-bond acceptors (Lipinski definition) is 4. The minimum Gasteiger partial charge on any atom is -0.507 e. The number of hydrogen-bond donors (Lipinski definition) is 2. The average molecular weight is 240 g/mol. The van der Waals surface area contributed by atoms with Gasteiger partial charge >= 0.3 is 5.97 Å². The molecule has 2 aromatic rings. The number of aromatic hydroxyl groups is 1. The number of benzene rings is 1. The molecule has 0 unspecified atom stereocenters. The normalized spacial score (nSPS) is 10.3. The van der Waals surface area contributed by atoms with Crippen molar-refractivity contribution in [2.45, 2.75) is 0 Å². The van der Waals surface area contributed by atoms with Crippen molar-refractivity contribution in [1.82, 2.24) is 5.16 Å². The zero-order valence-corrected chi connectivity index (χ0v) is 8.60. The van der Waals surface area contributed by atoms with Crippen molar-refractivity contribution >= 4 is 17.6 Å². The summed E-state index contributed by atoms with van der Waals surface area (Å²) >= 11 is 5.75. The lowest BCUT2D eigenvalue weighted by Gasteiger charge is -2.01. The second kappa shape index (κ2) is 3.86. The van der Waals surface area contributed by atoms with E-state index in [1.165, 1.54) is 18.2 Å². The molecule has 2 N–H and O–H groups in total. The third-order valence-electron chi connectivity index (χ3n) is 2.00. The van der Waals surface area contributed by atoms with Crippen molar-refractivity contribution in [3.05, 3.63) is 35.0 Å². The van der Waals surface area contributed by atoms with Crippen molar-refractivity contribution in [3.63, 3.8) is 0 Å². The van der Waals surface area contributed by atoms with Gasteiger partial charge in [0, 0.05) is 5.02 Å². The van der Waals surface area contributed by atoms with Crippen LogP contribution in [0.1, 0.15) is 10.4 Å². The van der Waals surface area contributed by atoms with Crippen LogP contribution in [-0.2, 0) is 0 Å². The summed E-state index contributed by atoms with van der Waals surface area (Å²) in [5.74, 6) is -1.33. The highest BCUT2D eigenvalue weighted by Crippen LogP contribution is 2.33. The Morgan fingerprint density at radius 1 is 1.44 bits per heavy atom. The van der Waals surface area contributed by atoms with E-state index < -0.39 is 5.97 Å². The zero-order valence-electron chi connectivity index (χ0n) is 7.85. The third kappa shape index (κ3) is 1.72. The van der Waals surface area contributed by atoms with E-state index >= 15 is 0 Å². The Balaban J connectivity index is 2.62. The van der Waals surface area contributed by atoms with Gasteiger partial charge in [-0.2, -0.15) is 0 Å². The number of phenolic OH excluding ortho intramolecular Hbond substituents is 1. The molecule has 0 aliphatic heterocycles. The van der Waals surface area contributed by atoms with E-state index in [-0.39, 0.29) is 22.6 Å². The first-order valence-corrected chi connectivity index (χ1v) is 4.64. The quantitative estimate of drug-likeness (QED) is 0.841. The van der Waals surface area contributed by atoms with E-state index in [9.17, 15) is 9.90 Å². The molecule has 1 heterocycles. The molecule has 6 heteroatoms. The monoisotopic (exact) mass is 239 g/mol. The fourth-order valence-corrected chi connectivity index (χ4v) is 1.45. The average Bonchev–Trinajstić information content (AvgIpc) is 2.70. The molecule has 0 fully saturated rings. The molecule has 0 saturated carbocycles. The second-order valence-electron chi connectivity index (χ2n) is 3.04. The summed E-state index contributed by atoms with van der Waals surface area (Å²) in [6.45, 7) is 0. The lowest BCUT2D eigenvalue weighted by atomic mass is 10.1. The highest BCUT2D eigenvalue weighted by atomic mass is 35.5. The van der Waals surface area contributed by atoms with Crippen LogP contribution in [0.25, 0.3) is 11.3 Å². The van der Waals surface area contributed by atoms with Crippen LogP contribution in [0.15, 0.2) is 28.9 Å². The smallest absolute Gasteiger partial charge is 0.341 e. The number of nitrogens with zero attached hydrogens (tertiary/aromatic N) is 1. The van der Waals surface area contributed by atoms with E-state index in [1.807, 2.05) is 0 Å². The van der Waals surface area contributed by atoms with E-state index in [1.54, 1.807) is 0 Å². The Labute approximate surface area is 94.9 Å². The summed E-state index contributed by atoms with van der Waals surface area (Å²) in [7, 11) is 0.